The molecule has 0 bridgehead atoms. The largest absolute Gasteiger partial charge is 0.437 e. The first-order valence-electron chi connectivity index (χ1n) is 10.2. The van der Waals surface area contributed by atoms with Gasteiger partial charge in [-0.15, -0.1) is 0 Å². The van der Waals surface area contributed by atoms with Crippen LogP contribution in [-0.4, -0.2) is 51.0 Å². The highest BCUT2D eigenvalue weighted by molar-refractivity contribution is 7.89. The maximum atomic E-state index is 14.8. The summed E-state index contributed by atoms with van der Waals surface area (Å²) in [7, 11) is -9.78. The SMILES string of the molecule is CCN(CC)S(=O)(=O)c1ccc(CC[Si](C)(O[Si](C)(C)C)O[Si](C)(C)C)c(F)c1. The highest BCUT2D eigenvalue weighted by Crippen LogP contribution is 2.27. The molecule has 0 amide bonds. The maximum absolute atomic E-state index is 14.8. The lowest BCUT2D eigenvalue weighted by molar-refractivity contribution is 0.383. The van der Waals surface area contributed by atoms with Crippen LogP contribution in [0.1, 0.15) is 19.4 Å². The molecule has 10 heteroatoms. The van der Waals surface area contributed by atoms with Crippen LogP contribution in [0.3, 0.4) is 0 Å². The Bertz CT molecular complexity index is 772. The molecular formula is C19H38FNO4SSi3. The Labute approximate surface area is 180 Å². The molecular weight excluding hydrogens is 442 g/mol. The third kappa shape index (κ3) is 8.35. The maximum Gasteiger partial charge on any atom is 0.314 e. The van der Waals surface area contributed by atoms with Gasteiger partial charge in [-0.3, -0.25) is 0 Å². The number of rotatable bonds is 11. The molecule has 0 aliphatic carbocycles. The summed E-state index contributed by atoms with van der Waals surface area (Å²) < 4.78 is 54.3. The van der Waals surface area contributed by atoms with Crippen molar-refractivity contribution in [2.45, 2.75) is 77.0 Å². The van der Waals surface area contributed by atoms with Crippen molar-refractivity contribution in [2.24, 2.45) is 0 Å². The minimum Gasteiger partial charge on any atom is -0.437 e. The summed E-state index contributed by atoms with van der Waals surface area (Å²) in [6.45, 7) is 19.2. The van der Waals surface area contributed by atoms with Gasteiger partial charge in [0.2, 0.25) is 10.0 Å². The molecule has 1 aromatic rings. The number of hydrogen-bond acceptors (Lipinski definition) is 4. The summed E-state index contributed by atoms with van der Waals surface area (Å²) in [6, 6.07) is 4.87. The first-order chi connectivity index (χ1) is 13.0. The molecule has 0 saturated carbocycles. The van der Waals surface area contributed by atoms with Crippen molar-refractivity contribution in [1.29, 1.82) is 0 Å². The smallest absolute Gasteiger partial charge is 0.314 e. The van der Waals surface area contributed by atoms with Crippen LogP contribution in [0.5, 0.6) is 0 Å². The van der Waals surface area contributed by atoms with Crippen LogP contribution in [-0.2, 0) is 24.7 Å². The molecule has 1 aromatic carbocycles. The van der Waals surface area contributed by atoms with Gasteiger partial charge in [0.25, 0.3) is 0 Å². The summed E-state index contributed by atoms with van der Waals surface area (Å²) in [5.74, 6) is -0.490. The van der Waals surface area contributed by atoms with E-state index in [1.807, 2.05) is 0 Å². The summed E-state index contributed by atoms with van der Waals surface area (Å²) >= 11 is 0. The Morgan fingerprint density at radius 3 is 1.79 bits per heavy atom. The molecule has 0 unspecified atom stereocenters. The van der Waals surface area contributed by atoms with Crippen molar-refractivity contribution in [3.8, 4) is 0 Å². The fraction of sp³-hybridized carbons (Fsp3) is 0.684. The van der Waals surface area contributed by atoms with E-state index in [4.69, 9.17) is 8.23 Å². The standard InChI is InChI=1S/C19H38FNO4SSi3/c1-10-21(11-2)26(22,23)18-13-12-17(19(20)16-18)14-15-29(9,24-27(3,4)5)25-28(6,7)8/h12-13,16H,10-11,14-15H2,1-9H3. The third-order valence-electron chi connectivity index (χ3n) is 4.26. The van der Waals surface area contributed by atoms with Crippen LogP contribution >= 0.6 is 0 Å². The Kier molecular flexibility index (Phi) is 9.05. The van der Waals surface area contributed by atoms with Gasteiger partial charge >= 0.3 is 8.56 Å². The average molecular weight is 480 g/mol. The van der Waals surface area contributed by atoms with E-state index >= 15 is 0 Å². The van der Waals surface area contributed by atoms with Crippen LogP contribution in [0.2, 0.25) is 51.9 Å². The van der Waals surface area contributed by atoms with Gasteiger partial charge in [-0.1, -0.05) is 19.9 Å². The quantitative estimate of drug-likeness (QED) is 0.411. The molecule has 0 aliphatic rings. The third-order valence-corrected chi connectivity index (χ3v) is 15.8. The van der Waals surface area contributed by atoms with Gasteiger partial charge < -0.3 is 8.23 Å². The molecule has 0 spiro atoms. The fourth-order valence-corrected chi connectivity index (χ4v) is 17.3. The summed E-state index contributed by atoms with van der Waals surface area (Å²) in [5.41, 5.74) is 0.501. The number of benzene rings is 1. The van der Waals surface area contributed by atoms with Gasteiger partial charge in [-0.05, 0) is 76.0 Å². The first kappa shape index (κ1) is 26.7. The number of aryl methyl sites for hydroxylation is 1. The van der Waals surface area contributed by atoms with Crippen LogP contribution in [0.4, 0.5) is 4.39 Å². The van der Waals surface area contributed by atoms with Gasteiger partial charge in [0.1, 0.15) is 5.82 Å². The lowest BCUT2D eigenvalue weighted by atomic mass is 10.1. The van der Waals surface area contributed by atoms with Gasteiger partial charge in [-0.25, -0.2) is 12.8 Å². The van der Waals surface area contributed by atoms with E-state index in [2.05, 4.69) is 45.8 Å². The van der Waals surface area contributed by atoms with Crippen LogP contribution in [0.15, 0.2) is 23.1 Å². The van der Waals surface area contributed by atoms with E-state index in [0.717, 1.165) is 6.07 Å². The molecule has 0 heterocycles. The lowest BCUT2D eigenvalue weighted by Crippen LogP contribution is -2.52. The zero-order chi connectivity index (χ0) is 22.7. The normalized spacial score (nSPS) is 13.9. The molecule has 0 aromatic heterocycles. The van der Waals surface area contributed by atoms with E-state index in [1.54, 1.807) is 19.9 Å². The van der Waals surface area contributed by atoms with Crippen molar-refractivity contribution < 1.29 is 21.0 Å². The van der Waals surface area contributed by atoms with Crippen molar-refractivity contribution >= 4 is 35.2 Å². The molecule has 0 fully saturated rings. The van der Waals surface area contributed by atoms with Gasteiger partial charge in [0, 0.05) is 13.1 Å². The topological polar surface area (TPSA) is 55.8 Å². The molecule has 0 radical (unpaired) electrons. The van der Waals surface area contributed by atoms with Crippen molar-refractivity contribution in [3.63, 3.8) is 0 Å². The molecule has 168 valence electrons. The van der Waals surface area contributed by atoms with Gasteiger partial charge in [-0.2, -0.15) is 4.31 Å². The Morgan fingerprint density at radius 1 is 0.931 bits per heavy atom. The van der Waals surface area contributed by atoms with E-state index in [1.165, 1.54) is 10.4 Å². The predicted octanol–water partition coefficient (Wildman–Crippen LogP) is 5.17. The molecule has 29 heavy (non-hydrogen) atoms. The minimum atomic E-state index is -3.67. The zero-order valence-electron chi connectivity index (χ0n) is 19.4. The van der Waals surface area contributed by atoms with E-state index in [0.29, 0.717) is 31.1 Å². The second kappa shape index (κ2) is 9.84. The predicted molar refractivity (Wildman–Crippen MR) is 125 cm³/mol. The average Bonchev–Trinajstić information content (AvgIpc) is 2.50. The van der Waals surface area contributed by atoms with Crippen molar-refractivity contribution in [1.82, 2.24) is 4.31 Å². The number of hydrogen-bond donors (Lipinski definition) is 0. The van der Waals surface area contributed by atoms with Crippen molar-refractivity contribution in [3.05, 3.63) is 29.6 Å². The van der Waals surface area contributed by atoms with Crippen LogP contribution in [0, 0.1) is 5.82 Å². The Morgan fingerprint density at radius 2 is 1.41 bits per heavy atom. The Hall–Kier alpha value is -0.369. The monoisotopic (exact) mass is 479 g/mol. The molecule has 1 rings (SSSR count). The molecule has 0 saturated heterocycles. The molecule has 5 nitrogen and oxygen atoms in total. The van der Waals surface area contributed by atoms with Crippen LogP contribution in [0.25, 0.3) is 0 Å². The second-order valence-electron chi connectivity index (χ2n) is 9.41. The van der Waals surface area contributed by atoms with Gasteiger partial charge in [0.15, 0.2) is 16.6 Å². The number of sulfonamides is 1. The lowest BCUT2D eigenvalue weighted by Gasteiger charge is -2.38. The Balaban J connectivity index is 3.08. The fourth-order valence-electron chi connectivity index (χ4n) is 3.38. The zero-order valence-corrected chi connectivity index (χ0v) is 23.2. The molecule has 0 atom stereocenters. The first-order valence-corrected chi connectivity index (χ1v) is 21.0. The van der Waals surface area contributed by atoms with E-state index < -0.39 is 41.0 Å². The highest BCUT2D eigenvalue weighted by atomic mass is 32.2. The molecule has 0 N–H and O–H groups in total. The van der Waals surface area contributed by atoms with Crippen LogP contribution < -0.4 is 0 Å². The summed E-state index contributed by atoms with van der Waals surface area (Å²) in [5, 5.41) is 0. The second-order valence-corrected chi connectivity index (χ2v) is 24.2. The number of nitrogens with zero attached hydrogens (tertiary/aromatic N) is 1. The summed E-state index contributed by atoms with van der Waals surface area (Å²) in [6.07, 6.45) is 0.467. The van der Waals surface area contributed by atoms with E-state index in [-0.39, 0.29) is 4.90 Å². The minimum absolute atomic E-state index is 0.000783. The summed E-state index contributed by atoms with van der Waals surface area (Å²) in [4.78, 5) is -0.000783. The molecule has 0 aliphatic heterocycles. The van der Waals surface area contributed by atoms with Gasteiger partial charge in [0.05, 0.1) is 4.90 Å². The van der Waals surface area contributed by atoms with E-state index in [9.17, 15) is 12.8 Å². The van der Waals surface area contributed by atoms with Crippen molar-refractivity contribution in [2.75, 3.05) is 13.1 Å². The number of halogens is 1. The highest BCUT2D eigenvalue weighted by Gasteiger charge is 2.40.